The second-order valence-corrected chi connectivity index (χ2v) is 6.64. The lowest BCUT2D eigenvalue weighted by Gasteiger charge is -2.21. The highest BCUT2D eigenvalue weighted by Gasteiger charge is 2.28. The Morgan fingerprint density at radius 3 is 2.54 bits per heavy atom. The number of hydrogen-bond donors (Lipinski definition) is 0. The van der Waals surface area contributed by atoms with Gasteiger partial charge in [-0.1, -0.05) is 62.4 Å². The molecule has 3 rings (SSSR count). The van der Waals surface area contributed by atoms with Gasteiger partial charge >= 0.3 is 5.97 Å². The Hall–Kier alpha value is -2.03. The van der Waals surface area contributed by atoms with Crippen LogP contribution in [-0.2, 0) is 11.2 Å². The molecule has 0 amide bonds. The van der Waals surface area contributed by atoms with E-state index in [0.717, 1.165) is 23.3 Å². The molecule has 0 bridgehead atoms. The average molecular weight is 326 g/mol. The van der Waals surface area contributed by atoms with Crippen LogP contribution in [0, 0.1) is 12.8 Å². The molecule has 0 aliphatic heterocycles. The Labute approximate surface area is 144 Å². The zero-order valence-electron chi connectivity index (χ0n) is 14.6. The second-order valence-electron chi connectivity index (χ2n) is 6.64. The minimum absolute atomic E-state index is 0.265. The number of esters is 1. The van der Waals surface area contributed by atoms with Gasteiger partial charge in [-0.25, -0.2) is 4.79 Å². The third-order valence-electron chi connectivity index (χ3n) is 4.94. The fraction of sp³-hybridized carbons (Fsp3) is 0.476. The van der Waals surface area contributed by atoms with Crippen LogP contribution in [0.1, 0.15) is 60.7 Å². The number of hydrogen-bond acceptors (Lipinski definition) is 3. The van der Waals surface area contributed by atoms with Gasteiger partial charge in [0, 0.05) is 11.1 Å². The van der Waals surface area contributed by atoms with E-state index in [4.69, 9.17) is 9.15 Å². The number of ether oxygens (including phenoxy) is 1. The SMILES string of the molecule is CCOC(=O)c1c(-c2ccccc2)oc(C)c1CC1CCCCC1. The highest BCUT2D eigenvalue weighted by atomic mass is 16.5. The van der Waals surface area contributed by atoms with Gasteiger partial charge in [-0.2, -0.15) is 0 Å². The van der Waals surface area contributed by atoms with Gasteiger partial charge in [0.05, 0.1) is 6.61 Å². The van der Waals surface area contributed by atoms with Crippen molar-refractivity contribution in [2.45, 2.75) is 52.4 Å². The Bertz CT molecular complexity index is 679. The Morgan fingerprint density at radius 2 is 1.88 bits per heavy atom. The number of aryl methyl sites for hydroxylation is 1. The summed E-state index contributed by atoms with van der Waals surface area (Å²) in [4.78, 5) is 12.6. The lowest BCUT2D eigenvalue weighted by atomic mass is 9.83. The summed E-state index contributed by atoms with van der Waals surface area (Å²) >= 11 is 0. The van der Waals surface area contributed by atoms with Gasteiger partial charge in [-0.15, -0.1) is 0 Å². The first-order valence-corrected chi connectivity index (χ1v) is 9.05. The van der Waals surface area contributed by atoms with E-state index in [9.17, 15) is 4.79 Å². The van der Waals surface area contributed by atoms with E-state index in [0.29, 0.717) is 23.8 Å². The molecule has 0 spiro atoms. The van der Waals surface area contributed by atoms with Crippen LogP contribution in [0.2, 0.25) is 0 Å². The normalized spacial score (nSPS) is 15.4. The van der Waals surface area contributed by atoms with E-state index in [1.165, 1.54) is 32.1 Å². The molecule has 1 aromatic heterocycles. The molecule has 1 fully saturated rings. The van der Waals surface area contributed by atoms with Gasteiger partial charge in [0.25, 0.3) is 0 Å². The molecule has 2 aromatic rings. The van der Waals surface area contributed by atoms with Crippen LogP contribution in [0.25, 0.3) is 11.3 Å². The predicted octanol–water partition coefficient (Wildman–Crippen LogP) is 5.55. The summed E-state index contributed by atoms with van der Waals surface area (Å²) in [5, 5.41) is 0. The largest absolute Gasteiger partial charge is 0.462 e. The quantitative estimate of drug-likeness (QED) is 0.676. The molecule has 1 heterocycles. The van der Waals surface area contributed by atoms with Crippen LogP contribution in [0.5, 0.6) is 0 Å². The smallest absolute Gasteiger partial charge is 0.342 e. The summed E-state index contributed by atoms with van der Waals surface area (Å²) in [6, 6.07) is 9.84. The molecule has 1 aromatic carbocycles. The Balaban J connectivity index is 2.00. The van der Waals surface area contributed by atoms with E-state index in [-0.39, 0.29) is 5.97 Å². The molecule has 0 saturated heterocycles. The van der Waals surface area contributed by atoms with Crippen LogP contribution in [0.15, 0.2) is 34.7 Å². The molecular formula is C21H26O3. The molecule has 3 nitrogen and oxygen atoms in total. The number of carbonyl (C=O) groups excluding carboxylic acids is 1. The first kappa shape index (κ1) is 16.8. The third-order valence-corrected chi connectivity index (χ3v) is 4.94. The number of furan rings is 1. The summed E-state index contributed by atoms with van der Waals surface area (Å²) in [6.07, 6.45) is 7.32. The Kier molecular flexibility index (Phi) is 5.39. The van der Waals surface area contributed by atoms with E-state index in [1.54, 1.807) is 0 Å². The summed E-state index contributed by atoms with van der Waals surface area (Å²) in [6.45, 7) is 4.18. The Morgan fingerprint density at radius 1 is 1.17 bits per heavy atom. The van der Waals surface area contributed by atoms with Gasteiger partial charge in [0.1, 0.15) is 17.1 Å². The predicted molar refractivity (Wildman–Crippen MR) is 95.1 cm³/mol. The maximum absolute atomic E-state index is 12.6. The molecule has 128 valence electrons. The number of rotatable bonds is 5. The van der Waals surface area contributed by atoms with Gasteiger partial charge < -0.3 is 9.15 Å². The summed E-state index contributed by atoms with van der Waals surface area (Å²) in [7, 11) is 0. The van der Waals surface area contributed by atoms with Crippen LogP contribution >= 0.6 is 0 Å². The molecule has 0 unspecified atom stereocenters. The third kappa shape index (κ3) is 3.55. The van der Waals surface area contributed by atoms with E-state index >= 15 is 0 Å². The lowest BCUT2D eigenvalue weighted by Crippen LogP contribution is -2.13. The topological polar surface area (TPSA) is 39.4 Å². The molecule has 24 heavy (non-hydrogen) atoms. The van der Waals surface area contributed by atoms with Crippen LogP contribution in [0.3, 0.4) is 0 Å². The van der Waals surface area contributed by atoms with Crippen molar-refractivity contribution in [3.8, 4) is 11.3 Å². The average Bonchev–Trinajstić information content (AvgIpc) is 2.93. The fourth-order valence-electron chi connectivity index (χ4n) is 3.72. The van der Waals surface area contributed by atoms with Crippen LogP contribution < -0.4 is 0 Å². The van der Waals surface area contributed by atoms with Gasteiger partial charge in [-0.05, 0) is 26.2 Å². The lowest BCUT2D eigenvalue weighted by molar-refractivity contribution is 0.0525. The molecule has 1 aliphatic carbocycles. The standard InChI is InChI=1S/C21H26O3/c1-3-23-21(22)19-18(14-16-10-6-4-7-11-16)15(2)24-20(19)17-12-8-5-9-13-17/h5,8-9,12-13,16H,3-4,6-7,10-11,14H2,1-2H3. The molecule has 1 aliphatic rings. The summed E-state index contributed by atoms with van der Waals surface area (Å²) in [5.41, 5.74) is 2.60. The van der Waals surface area contributed by atoms with Crippen molar-refractivity contribution in [3.05, 3.63) is 47.2 Å². The minimum atomic E-state index is -0.265. The maximum atomic E-state index is 12.6. The highest BCUT2D eigenvalue weighted by molar-refractivity contribution is 5.97. The zero-order chi connectivity index (χ0) is 16.9. The van der Waals surface area contributed by atoms with E-state index in [2.05, 4.69) is 0 Å². The van der Waals surface area contributed by atoms with Crippen molar-refractivity contribution in [3.63, 3.8) is 0 Å². The fourth-order valence-corrected chi connectivity index (χ4v) is 3.72. The molecule has 1 saturated carbocycles. The minimum Gasteiger partial charge on any atom is -0.462 e. The molecular weight excluding hydrogens is 300 g/mol. The first-order chi connectivity index (χ1) is 11.7. The highest BCUT2D eigenvalue weighted by Crippen LogP contribution is 2.36. The second kappa shape index (κ2) is 7.69. The van der Waals surface area contributed by atoms with Crippen molar-refractivity contribution in [1.29, 1.82) is 0 Å². The van der Waals surface area contributed by atoms with E-state index < -0.39 is 0 Å². The molecule has 3 heteroatoms. The van der Waals surface area contributed by atoms with Crippen molar-refractivity contribution in [2.75, 3.05) is 6.61 Å². The monoisotopic (exact) mass is 326 g/mol. The van der Waals surface area contributed by atoms with Crippen molar-refractivity contribution >= 4 is 5.97 Å². The summed E-state index contributed by atoms with van der Waals surface area (Å²) < 4.78 is 11.4. The van der Waals surface area contributed by atoms with Crippen molar-refractivity contribution in [1.82, 2.24) is 0 Å². The number of benzene rings is 1. The van der Waals surface area contributed by atoms with E-state index in [1.807, 2.05) is 44.2 Å². The summed E-state index contributed by atoms with van der Waals surface area (Å²) in [5.74, 6) is 1.88. The van der Waals surface area contributed by atoms with Crippen molar-refractivity contribution < 1.29 is 13.9 Å². The number of carbonyl (C=O) groups is 1. The first-order valence-electron chi connectivity index (χ1n) is 9.05. The van der Waals surface area contributed by atoms with Gasteiger partial charge in [0.15, 0.2) is 0 Å². The van der Waals surface area contributed by atoms with Gasteiger partial charge in [-0.3, -0.25) is 0 Å². The van der Waals surface area contributed by atoms with Crippen LogP contribution in [-0.4, -0.2) is 12.6 Å². The molecule has 0 N–H and O–H groups in total. The van der Waals surface area contributed by atoms with Crippen molar-refractivity contribution in [2.24, 2.45) is 5.92 Å². The molecule has 0 atom stereocenters. The van der Waals surface area contributed by atoms with Crippen LogP contribution in [0.4, 0.5) is 0 Å². The van der Waals surface area contributed by atoms with Gasteiger partial charge in [0.2, 0.25) is 0 Å². The molecule has 0 radical (unpaired) electrons. The zero-order valence-corrected chi connectivity index (χ0v) is 14.6. The maximum Gasteiger partial charge on any atom is 0.342 e.